The van der Waals surface area contributed by atoms with Crippen LogP contribution in [-0.2, 0) is 14.4 Å². The Hall–Kier alpha value is -1.59. The molecule has 2 atom stereocenters. The Morgan fingerprint density at radius 1 is 1.29 bits per heavy atom. The van der Waals surface area contributed by atoms with E-state index in [-0.39, 0.29) is 30.2 Å². The van der Waals surface area contributed by atoms with E-state index in [9.17, 15) is 14.4 Å². The fourth-order valence-electron chi connectivity index (χ4n) is 1.99. The molecule has 0 aromatic heterocycles. The van der Waals surface area contributed by atoms with Gasteiger partial charge < -0.3 is 15.7 Å². The molecule has 0 unspecified atom stereocenters. The number of rotatable bonds is 5. The first kappa shape index (κ1) is 13.5. The number of hydrogen-bond acceptors (Lipinski definition) is 3. The molecule has 6 heteroatoms. The van der Waals surface area contributed by atoms with E-state index in [0.717, 1.165) is 0 Å². The van der Waals surface area contributed by atoms with Crippen molar-refractivity contribution in [1.82, 2.24) is 10.6 Å². The first-order valence-corrected chi connectivity index (χ1v) is 5.75. The Kier molecular flexibility index (Phi) is 4.93. The van der Waals surface area contributed by atoms with Gasteiger partial charge in [-0.25, -0.2) is 0 Å². The number of aliphatic carboxylic acids is 1. The SMILES string of the molecule is CC(=O)NCCC(=O)N[C@H]1CC[C@@H](C(=O)O)C1. The van der Waals surface area contributed by atoms with E-state index in [0.29, 0.717) is 25.8 Å². The molecule has 17 heavy (non-hydrogen) atoms. The van der Waals surface area contributed by atoms with Crippen LogP contribution in [0, 0.1) is 5.92 Å². The molecule has 1 aliphatic carbocycles. The zero-order chi connectivity index (χ0) is 12.8. The number of amides is 2. The molecule has 0 aliphatic heterocycles. The number of carboxylic acids is 1. The van der Waals surface area contributed by atoms with Gasteiger partial charge >= 0.3 is 5.97 Å². The van der Waals surface area contributed by atoms with Crippen LogP contribution in [-0.4, -0.2) is 35.5 Å². The highest BCUT2D eigenvalue weighted by molar-refractivity contribution is 5.78. The molecular weight excluding hydrogens is 224 g/mol. The third kappa shape index (κ3) is 4.84. The summed E-state index contributed by atoms with van der Waals surface area (Å²) in [4.78, 5) is 32.7. The minimum Gasteiger partial charge on any atom is -0.481 e. The van der Waals surface area contributed by atoms with Crippen LogP contribution in [0.2, 0.25) is 0 Å². The second-order valence-electron chi connectivity index (χ2n) is 4.35. The van der Waals surface area contributed by atoms with Crippen LogP contribution in [0.15, 0.2) is 0 Å². The van der Waals surface area contributed by atoms with Crippen LogP contribution in [0.1, 0.15) is 32.6 Å². The number of carbonyl (C=O) groups excluding carboxylic acids is 2. The molecule has 2 amide bonds. The van der Waals surface area contributed by atoms with Gasteiger partial charge in [-0.05, 0) is 19.3 Å². The Labute approximate surface area is 99.8 Å². The third-order valence-electron chi connectivity index (χ3n) is 2.87. The van der Waals surface area contributed by atoms with E-state index in [4.69, 9.17) is 5.11 Å². The summed E-state index contributed by atoms with van der Waals surface area (Å²) in [5.41, 5.74) is 0. The highest BCUT2D eigenvalue weighted by Gasteiger charge is 2.30. The summed E-state index contributed by atoms with van der Waals surface area (Å²) in [7, 11) is 0. The molecule has 1 saturated carbocycles. The number of carbonyl (C=O) groups is 3. The van der Waals surface area contributed by atoms with E-state index >= 15 is 0 Å². The highest BCUT2D eigenvalue weighted by Crippen LogP contribution is 2.25. The van der Waals surface area contributed by atoms with Gasteiger partial charge in [-0.3, -0.25) is 14.4 Å². The van der Waals surface area contributed by atoms with Crippen molar-refractivity contribution in [2.45, 2.75) is 38.6 Å². The summed E-state index contributed by atoms with van der Waals surface area (Å²) in [6, 6.07) is -0.0408. The minimum absolute atomic E-state index is 0.0408. The quantitative estimate of drug-likeness (QED) is 0.626. The molecule has 3 N–H and O–H groups in total. The summed E-state index contributed by atoms with van der Waals surface area (Å²) in [6.07, 6.45) is 2.06. The largest absolute Gasteiger partial charge is 0.481 e. The third-order valence-corrected chi connectivity index (χ3v) is 2.87. The van der Waals surface area contributed by atoms with Crippen LogP contribution < -0.4 is 10.6 Å². The van der Waals surface area contributed by atoms with Gasteiger partial charge in [0.25, 0.3) is 0 Å². The van der Waals surface area contributed by atoms with Gasteiger partial charge in [0.1, 0.15) is 0 Å². The molecule has 0 aromatic carbocycles. The van der Waals surface area contributed by atoms with Gasteiger partial charge in [0.05, 0.1) is 5.92 Å². The standard InChI is InChI=1S/C11H18N2O4/c1-7(14)12-5-4-10(15)13-9-3-2-8(6-9)11(16)17/h8-9H,2-6H2,1H3,(H,12,14)(H,13,15)(H,16,17)/t8-,9+/m1/s1. The molecule has 1 rings (SSSR count). The molecule has 6 nitrogen and oxygen atoms in total. The molecule has 0 heterocycles. The second kappa shape index (κ2) is 6.22. The molecule has 0 radical (unpaired) electrons. The summed E-state index contributed by atoms with van der Waals surface area (Å²) in [5, 5.41) is 14.1. The summed E-state index contributed by atoms with van der Waals surface area (Å²) < 4.78 is 0. The predicted octanol–water partition coefficient (Wildman–Crippen LogP) is -0.118. The predicted molar refractivity (Wildman–Crippen MR) is 60.2 cm³/mol. The average molecular weight is 242 g/mol. The Balaban J connectivity index is 2.19. The van der Waals surface area contributed by atoms with Gasteiger partial charge in [-0.15, -0.1) is 0 Å². The Bertz CT molecular complexity index is 317. The van der Waals surface area contributed by atoms with Gasteiger partial charge in [0.2, 0.25) is 11.8 Å². The van der Waals surface area contributed by atoms with Crippen molar-refractivity contribution < 1.29 is 19.5 Å². The van der Waals surface area contributed by atoms with Crippen molar-refractivity contribution in [3.05, 3.63) is 0 Å². The fourth-order valence-corrected chi connectivity index (χ4v) is 1.99. The number of carboxylic acid groups (broad SMARTS) is 1. The van der Waals surface area contributed by atoms with E-state index in [2.05, 4.69) is 10.6 Å². The van der Waals surface area contributed by atoms with E-state index < -0.39 is 5.97 Å². The first-order chi connectivity index (χ1) is 7.99. The van der Waals surface area contributed by atoms with Crippen LogP contribution in [0.3, 0.4) is 0 Å². The Morgan fingerprint density at radius 3 is 2.53 bits per heavy atom. The smallest absolute Gasteiger partial charge is 0.306 e. The van der Waals surface area contributed by atoms with Crippen molar-refractivity contribution in [2.75, 3.05) is 6.54 Å². The molecular formula is C11H18N2O4. The second-order valence-corrected chi connectivity index (χ2v) is 4.35. The molecule has 1 fully saturated rings. The molecule has 96 valence electrons. The number of nitrogens with one attached hydrogen (secondary N) is 2. The zero-order valence-electron chi connectivity index (χ0n) is 9.86. The molecule has 1 aliphatic rings. The van der Waals surface area contributed by atoms with Gasteiger partial charge in [0, 0.05) is 25.9 Å². The average Bonchev–Trinajstić information content (AvgIpc) is 2.65. The van der Waals surface area contributed by atoms with Crippen molar-refractivity contribution in [3.8, 4) is 0 Å². The summed E-state index contributed by atoms with van der Waals surface area (Å²) in [5.74, 6) is -1.44. The van der Waals surface area contributed by atoms with Crippen molar-refractivity contribution in [3.63, 3.8) is 0 Å². The van der Waals surface area contributed by atoms with Crippen molar-refractivity contribution in [2.24, 2.45) is 5.92 Å². The van der Waals surface area contributed by atoms with Crippen molar-refractivity contribution >= 4 is 17.8 Å². The molecule has 0 saturated heterocycles. The van der Waals surface area contributed by atoms with Crippen LogP contribution in [0.5, 0.6) is 0 Å². The van der Waals surface area contributed by atoms with Gasteiger partial charge in [-0.1, -0.05) is 0 Å². The molecule has 0 spiro atoms. The van der Waals surface area contributed by atoms with Crippen LogP contribution in [0.4, 0.5) is 0 Å². The maximum absolute atomic E-state index is 11.4. The minimum atomic E-state index is -0.792. The van der Waals surface area contributed by atoms with Crippen LogP contribution >= 0.6 is 0 Å². The summed E-state index contributed by atoms with van der Waals surface area (Å²) >= 11 is 0. The summed E-state index contributed by atoms with van der Waals surface area (Å²) in [6.45, 7) is 1.71. The maximum atomic E-state index is 11.4. The Morgan fingerprint density at radius 2 is 2.00 bits per heavy atom. The fraction of sp³-hybridized carbons (Fsp3) is 0.727. The zero-order valence-corrected chi connectivity index (χ0v) is 9.86. The van der Waals surface area contributed by atoms with E-state index in [1.54, 1.807) is 0 Å². The lowest BCUT2D eigenvalue weighted by Gasteiger charge is -2.12. The van der Waals surface area contributed by atoms with E-state index in [1.807, 2.05) is 0 Å². The molecule has 0 bridgehead atoms. The maximum Gasteiger partial charge on any atom is 0.306 e. The number of hydrogen-bond donors (Lipinski definition) is 3. The van der Waals surface area contributed by atoms with Gasteiger partial charge in [-0.2, -0.15) is 0 Å². The van der Waals surface area contributed by atoms with Crippen molar-refractivity contribution in [1.29, 1.82) is 0 Å². The lowest BCUT2D eigenvalue weighted by Crippen LogP contribution is -2.35. The monoisotopic (exact) mass is 242 g/mol. The van der Waals surface area contributed by atoms with Gasteiger partial charge in [0.15, 0.2) is 0 Å². The lowest BCUT2D eigenvalue weighted by molar-refractivity contribution is -0.141. The molecule has 0 aromatic rings. The highest BCUT2D eigenvalue weighted by atomic mass is 16.4. The topological polar surface area (TPSA) is 95.5 Å². The lowest BCUT2D eigenvalue weighted by atomic mass is 10.1. The van der Waals surface area contributed by atoms with E-state index in [1.165, 1.54) is 6.92 Å². The normalized spacial score (nSPS) is 23.1. The first-order valence-electron chi connectivity index (χ1n) is 5.75. The van der Waals surface area contributed by atoms with Crippen LogP contribution in [0.25, 0.3) is 0 Å².